The van der Waals surface area contributed by atoms with E-state index in [1.807, 2.05) is 0 Å². The van der Waals surface area contributed by atoms with Crippen LogP contribution < -0.4 is 0 Å². The second-order valence-corrected chi connectivity index (χ2v) is 3.00. The summed E-state index contributed by atoms with van der Waals surface area (Å²) < 4.78 is 4.62. The molecular weight excluding hydrogens is 208 g/mol. The van der Waals surface area contributed by atoms with Crippen molar-refractivity contribution in [3.63, 3.8) is 0 Å². The lowest BCUT2D eigenvalue weighted by molar-refractivity contribution is -0.173. The zero-order valence-electron chi connectivity index (χ0n) is 8.21. The second kappa shape index (κ2) is 5.30. The Morgan fingerprint density at radius 1 is 0.933 bits per heavy atom. The third-order valence-corrected chi connectivity index (χ3v) is 1.79. The molecule has 0 aromatic heterocycles. The van der Waals surface area contributed by atoms with E-state index in [1.165, 1.54) is 0 Å². The summed E-state index contributed by atoms with van der Waals surface area (Å²) in [5.41, 5.74) is 0. The minimum atomic E-state index is -1.67. The lowest BCUT2D eigenvalue weighted by atomic mass is 10.1. The first kappa shape index (κ1) is 13.4. The molecule has 0 rings (SSSR count). The summed E-state index contributed by atoms with van der Waals surface area (Å²) in [4.78, 5) is 31.5. The summed E-state index contributed by atoms with van der Waals surface area (Å²) in [6.07, 6.45) is -3.04. The fraction of sp³-hybridized carbons (Fsp3) is 0.625. The average Bonchev–Trinajstić information content (AvgIpc) is 2.11. The molecule has 0 aliphatic rings. The molecule has 0 saturated heterocycles. The number of hydrogen-bond donors (Lipinski definition) is 3. The lowest BCUT2D eigenvalue weighted by Gasteiger charge is -2.19. The van der Waals surface area contributed by atoms with Crippen molar-refractivity contribution in [2.24, 2.45) is 5.92 Å². The van der Waals surface area contributed by atoms with Gasteiger partial charge in [0.05, 0.1) is 5.92 Å². The highest BCUT2D eigenvalue weighted by Gasteiger charge is 2.33. The van der Waals surface area contributed by atoms with Crippen molar-refractivity contribution in [1.29, 1.82) is 0 Å². The molecule has 15 heavy (non-hydrogen) atoms. The van der Waals surface area contributed by atoms with Gasteiger partial charge in [-0.1, -0.05) is 0 Å². The maximum absolute atomic E-state index is 10.6. The summed E-state index contributed by atoms with van der Waals surface area (Å²) in [6, 6.07) is 0. The number of hydrogen-bond acceptors (Lipinski definition) is 4. The SMILES string of the molecule is CC(OC(C(=O)O)C(C)C(=O)O)C(=O)O. The van der Waals surface area contributed by atoms with Crippen LogP contribution in [-0.4, -0.2) is 45.4 Å². The minimum absolute atomic E-state index is 1.13. The number of carboxylic acids is 3. The van der Waals surface area contributed by atoms with Gasteiger partial charge in [-0.05, 0) is 13.8 Å². The van der Waals surface area contributed by atoms with Gasteiger partial charge >= 0.3 is 17.9 Å². The predicted molar refractivity (Wildman–Crippen MR) is 46.4 cm³/mol. The average molecular weight is 220 g/mol. The van der Waals surface area contributed by atoms with Gasteiger partial charge < -0.3 is 20.1 Å². The maximum Gasteiger partial charge on any atom is 0.333 e. The van der Waals surface area contributed by atoms with E-state index >= 15 is 0 Å². The predicted octanol–water partition coefficient (Wildman–Crippen LogP) is -0.350. The first-order chi connectivity index (χ1) is 6.77. The summed E-state index contributed by atoms with van der Waals surface area (Å²) in [6.45, 7) is 2.27. The molecule has 86 valence electrons. The highest BCUT2D eigenvalue weighted by molar-refractivity contribution is 5.82. The van der Waals surface area contributed by atoms with Crippen molar-refractivity contribution in [2.75, 3.05) is 0 Å². The Bertz CT molecular complexity index is 272. The van der Waals surface area contributed by atoms with Crippen LogP contribution in [0.2, 0.25) is 0 Å². The molecule has 7 nitrogen and oxygen atoms in total. The standard InChI is InChI=1S/C8H12O7/c1-3(6(9)10)5(8(13)14)15-4(2)7(11)12/h3-5H,1-2H3,(H,9,10)(H,11,12)(H,13,14). The van der Waals surface area contributed by atoms with E-state index < -0.39 is 36.0 Å². The topological polar surface area (TPSA) is 121 Å². The van der Waals surface area contributed by atoms with Crippen molar-refractivity contribution >= 4 is 17.9 Å². The van der Waals surface area contributed by atoms with Crippen molar-refractivity contribution in [3.8, 4) is 0 Å². The van der Waals surface area contributed by atoms with Crippen LogP contribution in [0.3, 0.4) is 0 Å². The van der Waals surface area contributed by atoms with Crippen molar-refractivity contribution < 1.29 is 34.4 Å². The minimum Gasteiger partial charge on any atom is -0.481 e. The highest BCUT2D eigenvalue weighted by atomic mass is 16.5. The van der Waals surface area contributed by atoms with E-state index in [4.69, 9.17) is 15.3 Å². The summed E-state index contributed by atoms with van der Waals surface area (Å²) >= 11 is 0. The number of carboxylic acid groups (broad SMARTS) is 3. The molecule has 0 aliphatic carbocycles. The van der Waals surface area contributed by atoms with Gasteiger partial charge in [0.25, 0.3) is 0 Å². The van der Waals surface area contributed by atoms with E-state index in [0.29, 0.717) is 0 Å². The molecule has 0 amide bonds. The molecule has 3 atom stereocenters. The van der Waals surface area contributed by atoms with Gasteiger partial charge in [-0.15, -0.1) is 0 Å². The molecule has 3 N–H and O–H groups in total. The largest absolute Gasteiger partial charge is 0.481 e. The van der Waals surface area contributed by atoms with Crippen molar-refractivity contribution in [2.45, 2.75) is 26.1 Å². The molecular formula is C8H12O7. The van der Waals surface area contributed by atoms with Crippen LogP contribution in [0.4, 0.5) is 0 Å². The van der Waals surface area contributed by atoms with E-state index in [9.17, 15) is 14.4 Å². The first-order valence-corrected chi connectivity index (χ1v) is 4.11. The Hall–Kier alpha value is -1.63. The van der Waals surface area contributed by atoms with E-state index in [0.717, 1.165) is 13.8 Å². The molecule has 0 bridgehead atoms. The van der Waals surface area contributed by atoms with Crippen LogP contribution in [0.25, 0.3) is 0 Å². The van der Waals surface area contributed by atoms with Gasteiger partial charge in [0.2, 0.25) is 0 Å². The van der Waals surface area contributed by atoms with Crippen molar-refractivity contribution in [1.82, 2.24) is 0 Å². The smallest absolute Gasteiger partial charge is 0.333 e. The first-order valence-electron chi connectivity index (χ1n) is 4.11. The summed E-state index contributed by atoms with van der Waals surface area (Å²) in [7, 11) is 0. The summed E-state index contributed by atoms with van der Waals surface area (Å²) in [5.74, 6) is -5.53. The van der Waals surface area contributed by atoms with E-state index in [2.05, 4.69) is 4.74 Å². The quantitative estimate of drug-likeness (QED) is 0.559. The molecule has 0 aromatic carbocycles. The van der Waals surface area contributed by atoms with Crippen LogP contribution in [0, 0.1) is 5.92 Å². The number of ether oxygens (including phenoxy) is 1. The van der Waals surface area contributed by atoms with Gasteiger partial charge in [-0.25, -0.2) is 9.59 Å². The van der Waals surface area contributed by atoms with Crippen molar-refractivity contribution in [3.05, 3.63) is 0 Å². The molecule has 0 spiro atoms. The van der Waals surface area contributed by atoms with E-state index in [1.54, 1.807) is 0 Å². The molecule has 0 heterocycles. The van der Waals surface area contributed by atoms with Gasteiger partial charge in [-0.2, -0.15) is 0 Å². The van der Waals surface area contributed by atoms with Gasteiger partial charge in [0.15, 0.2) is 12.2 Å². The molecule has 0 aliphatic heterocycles. The Morgan fingerprint density at radius 3 is 1.67 bits per heavy atom. The van der Waals surface area contributed by atoms with Crippen LogP contribution in [-0.2, 0) is 19.1 Å². The molecule has 3 unspecified atom stereocenters. The zero-order valence-corrected chi connectivity index (χ0v) is 8.21. The Labute approximate surface area is 85.3 Å². The van der Waals surface area contributed by atoms with Gasteiger partial charge in [-0.3, -0.25) is 4.79 Å². The monoisotopic (exact) mass is 220 g/mol. The van der Waals surface area contributed by atoms with Crippen LogP contribution in [0.15, 0.2) is 0 Å². The van der Waals surface area contributed by atoms with Crippen LogP contribution >= 0.6 is 0 Å². The van der Waals surface area contributed by atoms with Crippen LogP contribution in [0.1, 0.15) is 13.8 Å². The van der Waals surface area contributed by atoms with Gasteiger partial charge in [0, 0.05) is 0 Å². The second-order valence-electron chi connectivity index (χ2n) is 3.00. The number of rotatable bonds is 6. The molecule has 0 saturated carbocycles. The summed E-state index contributed by atoms with van der Waals surface area (Å²) in [5, 5.41) is 25.7. The normalized spacial score (nSPS) is 16.4. The number of aliphatic carboxylic acids is 3. The highest BCUT2D eigenvalue weighted by Crippen LogP contribution is 2.11. The van der Waals surface area contributed by atoms with Gasteiger partial charge in [0.1, 0.15) is 0 Å². The zero-order chi connectivity index (χ0) is 12.2. The Balaban J connectivity index is 4.62. The Kier molecular flexibility index (Phi) is 4.72. The third-order valence-electron chi connectivity index (χ3n) is 1.79. The third kappa shape index (κ3) is 3.94. The molecule has 0 radical (unpaired) electrons. The Morgan fingerprint density at radius 2 is 1.40 bits per heavy atom. The van der Waals surface area contributed by atoms with E-state index in [-0.39, 0.29) is 0 Å². The maximum atomic E-state index is 10.6. The fourth-order valence-corrected chi connectivity index (χ4v) is 0.798. The molecule has 0 aromatic rings. The van der Waals surface area contributed by atoms with Crippen LogP contribution in [0.5, 0.6) is 0 Å². The lowest BCUT2D eigenvalue weighted by Crippen LogP contribution is -2.39. The molecule has 7 heteroatoms. The number of carbonyl (C=O) groups is 3. The molecule has 0 fully saturated rings. The fourth-order valence-electron chi connectivity index (χ4n) is 0.798.